The van der Waals surface area contributed by atoms with Crippen LogP contribution in [0.25, 0.3) is 22.1 Å². The molecule has 0 bridgehead atoms. The van der Waals surface area contributed by atoms with Gasteiger partial charge in [-0.2, -0.15) is 13.2 Å². The number of hydrogen-bond acceptors (Lipinski definition) is 4. The van der Waals surface area contributed by atoms with Gasteiger partial charge in [0.1, 0.15) is 11.2 Å². The zero-order valence-corrected chi connectivity index (χ0v) is 19.1. The molecule has 1 heterocycles. The number of fused-ring (bicyclic) bond motifs is 1. The average Bonchev–Trinajstić information content (AvgIpc) is 2.71. The van der Waals surface area contributed by atoms with Crippen LogP contribution in [0.15, 0.2) is 57.7 Å². The molecule has 176 valence electrons. The van der Waals surface area contributed by atoms with E-state index in [4.69, 9.17) is 9.15 Å². The summed E-state index contributed by atoms with van der Waals surface area (Å²) in [6.07, 6.45) is -2.97. The maximum Gasteiger partial charge on any atom is 0.417 e. The summed E-state index contributed by atoms with van der Waals surface area (Å²) in [6, 6.07) is 11.6. The zero-order chi connectivity index (χ0) is 24.4. The summed E-state index contributed by atoms with van der Waals surface area (Å²) in [4.78, 5) is 24.5. The van der Waals surface area contributed by atoms with Crippen molar-refractivity contribution in [2.75, 3.05) is 0 Å². The molecule has 0 N–H and O–H groups in total. The molecule has 0 aliphatic heterocycles. The Labute approximate surface area is 190 Å². The normalized spacial score (nSPS) is 13.2. The molecule has 0 amide bonds. The van der Waals surface area contributed by atoms with Crippen molar-refractivity contribution in [3.8, 4) is 11.1 Å². The first-order valence-electron chi connectivity index (χ1n) is 10.9. The number of carbonyl (C=O) groups excluding carboxylic acids is 1. The molecule has 0 aliphatic rings. The lowest BCUT2D eigenvalue weighted by Gasteiger charge is -2.28. The fraction of sp³-hybridized carbons (Fsp3) is 0.385. The maximum atomic E-state index is 13.4. The number of hydrogen-bond donors (Lipinski definition) is 0. The van der Waals surface area contributed by atoms with Gasteiger partial charge in [0, 0.05) is 17.4 Å². The average molecular weight is 460 g/mol. The largest absolute Gasteiger partial charge is 0.460 e. The van der Waals surface area contributed by atoms with Crippen molar-refractivity contribution < 1.29 is 27.1 Å². The monoisotopic (exact) mass is 460 g/mol. The third kappa shape index (κ3) is 5.83. The van der Waals surface area contributed by atoms with Crippen LogP contribution in [0.1, 0.15) is 64.0 Å². The maximum absolute atomic E-state index is 13.4. The van der Waals surface area contributed by atoms with Gasteiger partial charge in [-0.1, -0.05) is 44.2 Å². The van der Waals surface area contributed by atoms with E-state index in [0.717, 1.165) is 11.6 Å². The molecule has 0 fully saturated rings. The van der Waals surface area contributed by atoms with Gasteiger partial charge in [-0.25, -0.2) is 4.79 Å². The summed E-state index contributed by atoms with van der Waals surface area (Å²) in [7, 11) is 0. The number of carbonyl (C=O) groups is 1. The summed E-state index contributed by atoms with van der Waals surface area (Å²) in [5.41, 5.74) is -1.59. The van der Waals surface area contributed by atoms with Crippen LogP contribution in [-0.4, -0.2) is 11.6 Å². The highest BCUT2D eigenvalue weighted by molar-refractivity contribution is 5.83. The van der Waals surface area contributed by atoms with E-state index >= 15 is 0 Å². The molecule has 4 nitrogen and oxygen atoms in total. The minimum Gasteiger partial charge on any atom is -0.460 e. The highest BCUT2D eigenvalue weighted by Gasteiger charge is 2.34. The van der Waals surface area contributed by atoms with E-state index in [1.807, 2.05) is 33.8 Å². The van der Waals surface area contributed by atoms with Crippen molar-refractivity contribution in [1.29, 1.82) is 0 Å². The second-order valence-electron chi connectivity index (χ2n) is 8.88. The molecule has 0 radical (unpaired) electrons. The van der Waals surface area contributed by atoms with Gasteiger partial charge in [-0.3, -0.25) is 4.79 Å². The lowest BCUT2D eigenvalue weighted by Crippen LogP contribution is -2.29. The third-order valence-electron chi connectivity index (χ3n) is 5.49. The molecule has 1 atom stereocenters. The third-order valence-corrected chi connectivity index (χ3v) is 5.49. The molecular formula is C26H27F3O4. The second kappa shape index (κ2) is 9.41. The molecule has 7 heteroatoms. The molecule has 1 unspecified atom stereocenters. The van der Waals surface area contributed by atoms with Crippen LogP contribution in [0.4, 0.5) is 13.2 Å². The number of alkyl halides is 3. The predicted octanol–water partition coefficient (Wildman–Crippen LogP) is 7.09. The van der Waals surface area contributed by atoms with E-state index in [1.54, 1.807) is 12.1 Å². The van der Waals surface area contributed by atoms with E-state index in [0.29, 0.717) is 30.2 Å². The number of rotatable bonds is 7. The molecule has 3 aromatic rings. The molecule has 1 aromatic heterocycles. The van der Waals surface area contributed by atoms with E-state index in [9.17, 15) is 22.8 Å². The van der Waals surface area contributed by atoms with Gasteiger partial charge in [0.15, 0.2) is 0 Å². The Balaban J connectivity index is 1.92. The van der Waals surface area contributed by atoms with Crippen molar-refractivity contribution in [1.82, 2.24) is 0 Å². The lowest BCUT2D eigenvalue weighted by atomic mass is 9.88. The van der Waals surface area contributed by atoms with Gasteiger partial charge in [0.2, 0.25) is 0 Å². The quantitative estimate of drug-likeness (QED) is 0.279. The van der Waals surface area contributed by atoms with Crippen molar-refractivity contribution in [2.24, 2.45) is 0 Å². The molecule has 2 aromatic carbocycles. The van der Waals surface area contributed by atoms with Gasteiger partial charge in [-0.05, 0) is 56.4 Å². The zero-order valence-electron chi connectivity index (χ0n) is 19.1. The molecule has 3 rings (SSSR count). The fourth-order valence-electron chi connectivity index (χ4n) is 4.05. The van der Waals surface area contributed by atoms with Crippen LogP contribution < -0.4 is 5.63 Å². The summed E-state index contributed by atoms with van der Waals surface area (Å²) >= 11 is 0. The Morgan fingerprint density at radius 2 is 1.76 bits per heavy atom. The Morgan fingerprint density at radius 1 is 1.06 bits per heavy atom. The predicted molar refractivity (Wildman–Crippen MR) is 121 cm³/mol. The van der Waals surface area contributed by atoms with Crippen molar-refractivity contribution in [2.45, 2.75) is 64.7 Å². The van der Waals surface area contributed by atoms with Crippen LogP contribution >= 0.6 is 0 Å². The number of halogens is 3. The minimum absolute atomic E-state index is 0.0187. The fourth-order valence-corrected chi connectivity index (χ4v) is 4.05. The van der Waals surface area contributed by atoms with Crippen molar-refractivity contribution in [3.63, 3.8) is 0 Å². The highest BCUT2D eigenvalue weighted by atomic mass is 19.4. The van der Waals surface area contributed by atoms with Crippen LogP contribution in [0.2, 0.25) is 0 Å². The van der Waals surface area contributed by atoms with E-state index in [1.165, 1.54) is 24.3 Å². The molecule has 0 saturated heterocycles. The lowest BCUT2D eigenvalue weighted by molar-refractivity contribution is -0.157. The van der Waals surface area contributed by atoms with Gasteiger partial charge >= 0.3 is 17.8 Å². The summed E-state index contributed by atoms with van der Waals surface area (Å²) in [5, 5.41) is 0.520. The Bertz CT molecular complexity index is 1210. The molecule has 0 saturated carbocycles. The topological polar surface area (TPSA) is 56.5 Å². The van der Waals surface area contributed by atoms with Gasteiger partial charge < -0.3 is 9.15 Å². The van der Waals surface area contributed by atoms with E-state index < -0.39 is 23.0 Å². The first-order chi connectivity index (χ1) is 15.4. The SMILES string of the molecule is CCCC(=O)OC(C)(C)CC(C)c1ccc2cc(-c3ccccc3C(F)(F)F)c(=O)oc2c1. The van der Waals surface area contributed by atoms with E-state index in [2.05, 4.69) is 0 Å². The number of esters is 1. The molecule has 0 aliphatic carbocycles. The summed E-state index contributed by atoms with van der Waals surface area (Å²) in [6.45, 7) is 7.58. The summed E-state index contributed by atoms with van der Waals surface area (Å²) < 4.78 is 51.2. The second-order valence-corrected chi connectivity index (χ2v) is 8.88. The Hall–Kier alpha value is -3.09. The van der Waals surface area contributed by atoms with Gasteiger partial charge in [0.25, 0.3) is 0 Å². The highest BCUT2D eigenvalue weighted by Crippen LogP contribution is 2.37. The molecule has 33 heavy (non-hydrogen) atoms. The van der Waals surface area contributed by atoms with Crippen LogP contribution in [-0.2, 0) is 15.7 Å². The van der Waals surface area contributed by atoms with Crippen molar-refractivity contribution >= 4 is 16.9 Å². The van der Waals surface area contributed by atoms with Gasteiger partial charge in [0.05, 0.1) is 11.1 Å². The number of ether oxygens (including phenoxy) is 1. The Morgan fingerprint density at radius 3 is 2.42 bits per heavy atom. The van der Waals surface area contributed by atoms with Crippen molar-refractivity contribution in [3.05, 3.63) is 70.1 Å². The number of benzene rings is 2. The van der Waals surface area contributed by atoms with Gasteiger partial charge in [-0.15, -0.1) is 0 Å². The van der Waals surface area contributed by atoms with E-state index in [-0.39, 0.29) is 23.0 Å². The molecular weight excluding hydrogens is 433 g/mol. The van der Waals surface area contributed by atoms with Crippen LogP contribution in [0.3, 0.4) is 0 Å². The first-order valence-corrected chi connectivity index (χ1v) is 10.9. The summed E-state index contributed by atoms with van der Waals surface area (Å²) in [5.74, 6) is -0.263. The Kier molecular flexibility index (Phi) is 7.00. The minimum atomic E-state index is -4.59. The first kappa shape index (κ1) is 24.6. The van der Waals surface area contributed by atoms with Crippen LogP contribution in [0, 0.1) is 0 Å². The van der Waals surface area contributed by atoms with Crippen LogP contribution in [0.5, 0.6) is 0 Å². The smallest absolute Gasteiger partial charge is 0.417 e. The molecule has 0 spiro atoms. The standard InChI is InChI=1S/C26H27F3O4/c1-5-8-23(30)33-25(3,4)15-16(2)17-11-12-18-13-20(24(31)32-22(18)14-17)19-9-6-7-10-21(19)26(27,28)29/h6-7,9-14,16H,5,8,15H2,1-4H3.